The number of halogens is 4. The third-order valence-corrected chi connectivity index (χ3v) is 2.43. The minimum absolute atomic E-state index is 0.172. The maximum absolute atomic E-state index is 12.7. The van der Waals surface area contributed by atoms with Gasteiger partial charge in [-0.2, -0.15) is 13.2 Å². The molecular formula is C11H11BrF3N. The van der Waals surface area contributed by atoms with Crippen LogP contribution in [0, 0.1) is 0 Å². The van der Waals surface area contributed by atoms with E-state index in [2.05, 4.69) is 21.2 Å². The van der Waals surface area contributed by atoms with Crippen LogP contribution in [0.25, 0.3) is 6.08 Å². The van der Waals surface area contributed by atoms with E-state index >= 15 is 0 Å². The van der Waals surface area contributed by atoms with E-state index in [4.69, 9.17) is 0 Å². The summed E-state index contributed by atoms with van der Waals surface area (Å²) in [6, 6.07) is 4.12. The van der Waals surface area contributed by atoms with Gasteiger partial charge in [0.25, 0.3) is 0 Å². The Morgan fingerprint density at radius 2 is 2.06 bits per heavy atom. The SMILES string of the molecule is CNCC=Cc1ccc(Br)cc1C(F)(F)F. The van der Waals surface area contributed by atoms with Crippen molar-refractivity contribution in [1.29, 1.82) is 0 Å². The molecule has 0 aromatic heterocycles. The van der Waals surface area contributed by atoms with E-state index < -0.39 is 11.7 Å². The van der Waals surface area contributed by atoms with Crippen LogP contribution in [-0.2, 0) is 6.18 Å². The number of likely N-dealkylation sites (N-methyl/N-ethyl adjacent to an activating group) is 1. The molecule has 16 heavy (non-hydrogen) atoms. The molecule has 1 aromatic rings. The zero-order valence-electron chi connectivity index (χ0n) is 8.61. The van der Waals surface area contributed by atoms with Crippen LogP contribution >= 0.6 is 15.9 Å². The van der Waals surface area contributed by atoms with E-state index in [9.17, 15) is 13.2 Å². The Labute approximate surface area is 100 Å². The van der Waals surface area contributed by atoms with Crippen LogP contribution in [-0.4, -0.2) is 13.6 Å². The fourth-order valence-electron chi connectivity index (χ4n) is 1.22. The molecule has 0 unspecified atom stereocenters. The quantitative estimate of drug-likeness (QED) is 0.896. The number of hydrogen-bond donors (Lipinski definition) is 1. The third-order valence-electron chi connectivity index (χ3n) is 1.94. The molecule has 0 amide bonds. The van der Waals surface area contributed by atoms with Gasteiger partial charge in [-0.15, -0.1) is 0 Å². The monoisotopic (exact) mass is 293 g/mol. The van der Waals surface area contributed by atoms with E-state index in [1.165, 1.54) is 12.1 Å². The smallest absolute Gasteiger partial charge is 0.316 e. The van der Waals surface area contributed by atoms with Crippen LogP contribution < -0.4 is 5.32 Å². The zero-order chi connectivity index (χ0) is 12.2. The molecule has 0 aliphatic rings. The lowest BCUT2D eigenvalue weighted by Gasteiger charge is -2.10. The zero-order valence-corrected chi connectivity index (χ0v) is 10.2. The Morgan fingerprint density at radius 1 is 1.38 bits per heavy atom. The average Bonchev–Trinajstić information content (AvgIpc) is 2.19. The summed E-state index contributed by atoms with van der Waals surface area (Å²) in [6.45, 7) is 0.535. The first kappa shape index (κ1) is 13.3. The molecule has 0 atom stereocenters. The fraction of sp³-hybridized carbons (Fsp3) is 0.273. The Balaban J connectivity index is 3.08. The molecule has 5 heteroatoms. The molecule has 0 aliphatic carbocycles. The minimum atomic E-state index is -4.33. The summed E-state index contributed by atoms with van der Waals surface area (Å²) >= 11 is 3.03. The first-order valence-corrected chi connectivity index (χ1v) is 5.42. The van der Waals surface area contributed by atoms with Gasteiger partial charge < -0.3 is 5.32 Å². The molecule has 0 spiro atoms. The number of alkyl halides is 3. The van der Waals surface area contributed by atoms with Gasteiger partial charge in [0.2, 0.25) is 0 Å². The lowest BCUT2D eigenvalue weighted by atomic mass is 10.1. The van der Waals surface area contributed by atoms with Crippen LogP contribution in [0.2, 0.25) is 0 Å². The molecule has 88 valence electrons. The molecule has 0 bridgehead atoms. The molecule has 1 aromatic carbocycles. The van der Waals surface area contributed by atoms with Gasteiger partial charge in [-0.3, -0.25) is 0 Å². The molecule has 1 rings (SSSR count). The Kier molecular flexibility index (Phi) is 4.56. The predicted molar refractivity (Wildman–Crippen MR) is 62.1 cm³/mol. The second-order valence-electron chi connectivity index (χ2n) is 3.19. The summed E-state index contributed by atoms with van der Waals surface area (Å²) < 4.78 is 38.4. The van der Waals surface area contributed by atoms with Crippen molar-refractivity contribution in [2.24, 2.45) is 0 Å². The molecular weight excluding hydrogens is 283 g/mol. The van der Waals surface area contributed by atoms with Gasteiger partial charge in [0.15, 0.2) is 0 Å². The summed E-state index contributed by atoms with van der Waals surface area (Å²) in [7, 11) is 1.73. The molecule has 0 saturated heterocycles. The lowest BCUT2D eigenvalue weighted by Crippen LogP contribution is -2.08. The van der Waals surface area contributed by atoms with Crippen LogP contribution in [0.5, 0.6) is 0 Å². The first-order valence-electron chi connectivity index (χ1n) is 4.63. The molecule has 0 fully saturated rings. The second kappa shape index (κ2) is 5.50. The van der Waals surface area contributed by atoms with Crippen molar-refractivity contribution in [3.05, 3.63) is 39.9 Å². The molecule has 1 nitrogen and oxygen atoms in total. The van der Waals surface area contributed by atoms with Crippen molar-refractivity contribution in [2.45, 2.75) is 6.18 Å². The summed E-state index contributed by atoms with van der Waals surface area (Å²) in [5.41, 5.74) is -0.458. The first-order chi connectivity index (χ1) is 7.45. The minimum Gasteiger partial charge on any atom is -0.316 e. The van der Waals surface area contributed by atoms with Gasteiger partial charge in [-0.25, -0.2) is 0 Å². The molecule has 0 aliphatic heterocycles. The van der Waals surface area contributed by atoms with Gasteiger partial charge in [-0.05, 0) is 24.7 Å². The largest absolute Gasteiger partial charge is 0.417 e. The van der Waals surface area contributed by atoms with E-state index in [1.807, 2.05) is 0 Å². The highest BCUT2D eigenvalue weighted by Crippen LogP contribution is 2.34. The van der Waals surface area contributed by atoms with Crippen molar-refractivity contribution < 1.29 is 13.2 Å². The summed E-state index contributed by atoms with van der Waals surface area (Å²) in [5.74, 6) is 0. The van der Waals surface area contributed by atoms with Crippen molar-refractivity contribution in [2.75, 3.05) is 13.6 Å². The Morgan fingerprint density at radius 3 is 2.62 bits per heavy atom. The number of benzene rings is 1. The average molecular weight is 294 g/mol. The third kappa shape index (κ3) is 3.64. The summed E-state index contributed by atoms with van der Waals surface area (Å²) in [6.07, 6.45) is -1.21. The van der Waals surface area contributed by atoms with Gasteiger partial charge in [0.05, 0.1) is 5.56 Å². The topological polar surface area (TPSA) is 12.0 Å². The van der Waals surface area contributed by atoms with Gasteiger partial charge >= 0.3 is 6.18 Å². The maximum atomic E-state index is 12.7. The van der Waals surface area contributed by atoms with Crippen molar-refractivity contribution in [3.8, 4) is 0 Å². The van der Waals surface area contributed by atoms with Crippen molar-refractivity contribution in [3.63, 3.8) is 0 Å². The van der Waals surface area contributed by atoms with E-state index in [0.29, 0.717) is 11.0 Å². The normalized spacial score (nSPS) is 12.3. The van der Waals surface area contributed by atoms with E-state index in [-0.39, 0.29) is 5.56 Å². The summed E-state index contributed by atoms with van der Waals surface area (Å²) in [5, 5.41) is 2.83. The van der Waals surface area contributed by atoms with E-state index in [1.54, 1.807) is 19.2 Å². The highest BCUT2D eigenvalue weighted by Gasteiger charge is 2.32. The Bertz CT molecular complexity index is 385. The van der Waals surface area contributed by atoms with Crippen molar-refractivity contribution >= 4 is 22.0 Å². The number of rotatable bonds is 3. The predicted octanol–water partition coefficient (Wildman–Crippen LogP) is 3.70. The standard InChI is InChI=1S/C11H11BrF3N/c1-16-6-2-3-8-4-5-9(12)7-10(8)11(13,14)15/h2-5,7,16H,6H2,1H3. The molecule has 0 saturated carbocycles. The molecule has 0 radical (unpaired) electrons. The van der Waals surface area contributed by atoms with E-state index in [0.717, 1.165) is 6.07 Å². The van der Waals surface area contributed by atoms with Crippen LogP contribution in [0.3, 0.4) is 0 Å². The highest BCUT2D eigenvalue weighted by molar-refractivity contribution is 9.10. The fourth-order valence-corrected chi connectivity index (χ4v) is 1.58. The van der Waals surface area contributed by atoms with Crippen molar-refractivity contribution in [1.82, 2.24) is 5.32 Å². The maximum Gasteiger partial charge on any atom is 0.417 e. The molecule has 1 N–H and O–H groups in total. The van der Waals surface area contributed by atoms with Crippen LogP contribution in [0.15, 0.2) is 28.7 Å². The van der Waals surface area contributed by atoms with Crippen LogP contribution in [0.1, 0.15) is 11.1 Å². The number of hydrogen-bond acceptors (Lipinski definition) is 1. The Hall–Kier alpha value is -0.810. The lowest BCUT2D eigenvalue weighted by molar-refractivity contribution is -0.137. The summed E-state index contributed by atoms with van der Waals surface area (Å²) in [4.78, 5) is 0. The van der Waals surface area contributed by atoms with Crippen LogP contribution in [0.4, 0.5) is 13.2 Å². The molecule has 0 heterocycles. The second-order valence-corrected chi connectivity index (χ2v) is 4.11. The van der Waals surface area contributed by atoms with Gasteiger partial charge in [-0.1, -0.05) is 34.1 Å². The van der Waals surface area contributed by atoms with Gasteiger partial charge in [0.1, 0.15) is 0 Å². The number of nitrogens with one attached hydrogen (secondary N) is 1. The highest BCUT2D eigenvalue weighted by atomic mass is 79.9. The van der Waals surface area contributed by atoms with Gasteiger partial charge in [0, 0.05) is 11.0 Å².